The van der Waals surface area contributed by atoms with Crippen molar-refractivity contribution < 1.29 is 9.53 Å². The van der Waals surface area contributed by atoms with Crippen LogP contribution in [-0.4, -0.2) is 42.6 Å². The molecule has 0 aromatic carbocycles. The van der Waals surface area contributed by atoms with Gasteiger partial charge in [0.2, 0.25) is 5.91 Å². The first-order valence-corrected chi connectivity index (χ1v) is 6.57. The molecule has 0 radical (unpaired) electrons. The van der Waals surface area contributed by atoms with Gasteiger partial charge in [-0.15, -0.1) is 0 Å². The number of nitrogens with two attached hydrogens (primary N) is 1. The molecule has 0 aromatic rings. The highest BCUT2D eigenvalue weighted by Gasteiger charge is 2.51. The molecule has 4 heteroatoms. The molecule has 2 atom stereocenters. The summed E-state index contributed by atoms with van der Waals surface area (Å²) in [6, 6.07) is 0.409. The van der Waals surface area contributed by atoms with Crippen molar-refractivity contribution >= 4 is 5.91 Å². The average Bonchev–Trinajstić information content (AvgIpc) is 2.22. The zero-order valence-corrected chi connectivity index (χ0v) is 11.5. The molecule has 1 fully saturated rings. The van der Waals surface area contributed by atoms with Crippen LogP contribution in [0, 0.1) is 5.41 Å². The van der Waals surface area contributed by atoms with Gasteiger partial charge in [-0.05, 0) is 26.3 Å². The number of carbonyl (C=O) groups is 1. The van der Waals surface area contributed by atoms with E-state index in [1.165, 1.54) is 0 Å². The summed E-state index contributed by atoms with van der Waals surface area (Å²) in [4.78, 5) is 13.3. The number of rotatable bonds is 7. The molecule has 1 aliphatic rings. The highest BCUT2D eigenvalue weighted by molar-refractivity contribution is 5.76. The van der Waals surface area contributed by atoms with Crippen molar-refractivity contribution in [3.63, 3.8) is 0 Å². The molecule has 0 bridgehead atoms. The van der Waals surface area contributed by atoms with E-state index in [4.69, 9.17) is 10.5 Å². The minimum absolute atomic E-state index is 0.112. The highest BCUT2D eigenvalue weighted by atomic mass is 16.5. The van der Waals surface area contributed by atoms with Crippen molar-refractivity contribution in [3.8, 4) is 0 Å². The standard InChI is InChI=1S/C13H26N2O2/c1-5-7-15(9-12(14)16)10-8-11(17-6-2)13(10,3)4/h10-11H,5-9H2,1-4H3,(H2,14,16)/t10-,11+/m1/s1. The second-order valence-corrected chi connectivity index (χ2v) is 5.45. The first-order valence-electron chi connectivity index (χ1n) is 6.57. The molecular weight excluding hydrogens is 216 g/mol. The molecular formula is C13H26N2O2. The van der Waals surface area contributed by atoms with Gasteiger partial charge in [-0.3, -0.25) is 9.69 Å². The van der Waals surface area contributed by atoms with Crippen LogP contribution in [0.4, 0.5) is 0 Å². The molecule has 0 saturated heterocycles. The molecule has 1 amide bonds. The summed E-state index contributed by atoms with van der Waals surface area (Å²) in [5, 5.41) is 0. The van der Waals surface area contributed by atoms with Crippen LogP contribution in [0.15, 0.2) is 0 Å². The van der Waals surface area contributed by atoms with Crippen LogP contribution in [0.1, 0.15) is 40.5 Å². The molecule has 2 N–H and O–H groups in total. The molecule has 0 unspecified atom stereocenters. The van der Waals surface area contributed by atoms with E-state index in [0.717, 1.165) is 26.0 Å². The molecule has 1 rings (SSSR count). The number of primary amides is 1. The Kier molecular flexibility index (Phi) is 4.95. The van der Waals surface area contributed by atoms with Gasteiger partial charge in [0.25, 0.3) is 0 Å². The summed E-state index contributed by atoms with van der Waals surface area (Å²) < 4.78 is 5.71. The normalized spacial score (nSPS) is 26.9. The van der Waals surface area contributed by atoms with E-state index in [-0.39, 0.29) is 11.3 Å². The van der Waals surface area contributed by atoms with Gasteiger partial charge in [-0.25, -0.2) is 0 Å². The molecule has 1 aliphatic carbocycles. The van der Waals surface area contributed by atoms with Crippen molar-refractivity contribution in [1.82, 2.24) is 4.90 Å². The zero-order chi connectivity index (χ0) is 13.1. The topological polar surface area (TPSA) is 55.6 Å². The van der Waals surface area contributed by atoms with Gasteiger partial charge in [0.15, 0.2) is 0 Å². The van der Waals surface area contributed by atoms with Gasteiger partial charge in [-0.1, -0.05) is 20.8 Å². The molecule has 0 aromatic heterocycles. The predicted octanol–water partition coefficient (Wildman–Crippen LogP) is 1.39. The average molecular weight is 242 g/mol. The molecule has 0 aliphatic heterocycles. The maximum Gasteiger partial charge on any atom is 0.231 e. The van der Waals surface area contributed by atoms with Crippen LogP contribution in [0.5, 0.6) is 0 Å². The summed E-state index contributed by atoms with van der Waals surface area (Å²) in [6.07, 6.45) is 2.36. The van der Waals surface area contributed by atoms with Gasteiger partial charge >= 0.3 is 0 Å². The van der Waals surface area contributed by atoms with E-state index < -0.39 is 0 Å². The summed E-state index contributed by atoms with van der Waals surface area (Å²) in [5.74, 6) is -0.242. The van der Waals surface area contributed by atoms with Crippen LogP contribution >= 0.6 is 0 Å². The minimum atomic E-state index is -0.242. The van der Waals surface area contributed by atoms with Crippen LogP contribution in [0.3, 0.4) is 0 Å². The Bertz CT molecular complexity index is 266. The lowest BCUT2D eigenvalue weighted by Gasteiger charge is -2.55. The van der Waals surface area contributed by atoms with Crippen molar-refractivity contribution in [2.75, 3.05) is 19.7 Å². The summed E-state index contributed by atoms with van der Waals surface area (Å²) >= 11 is 0. The second kappa shape index (κ2) is 5.83. The first kappa shape index (κ1) is 14.5. The van der Waals surface area contributed by atoms with Crippen LogP contribution in [-0.2, 0) is 9.53 Å². The lowest BCUT2D eigenvalue weighted by molar-refractivity contribution is -0.153. The lowest BCUT2D eigenvalue weighted by atomic mass is 9.63. The van der Waals surface area contributed by atoms with Gasteiger partial charge in [0.1, 0.15) is 0 Å². The fourth-order valence-electron chi connectivity index (χ4n) is 2.80. The zero-order valence-electron chi connectivity index (χ0n) is 11.5. The monoisotopic (exact) mass is 242 g/mol. The third-order valence-corrected chi connectivity index (χ3v) is 3.80. The fourth-order valence-corrected chi connectivity index (χ4v) is 2.80. The Morgan fingerprint density at radius 3 is 2.53 bits per heavy atom. The largest absolute Gasteiger partial charge is 0.378 e. The molecule has 4 nitrogen and oxygen atoms in total. The third kappa shape index (κ3) is 3.19. The predicted molar refractivity (Wildman–Crippen MR) is 68.7 cm³/mol. The van der Waals surface area contributed by atoms with Crippen molar-refractivity contribution in [1.29, 1.82) is 0 Å². The molecule has 17 heavy (non-hydrogen) atoms. The Morgan fingerprint density at radius 2 is 2.12 bits per heavy atom. The molecule has 100 valence electrons. The van der Waals surface area contributed by atoms with Gasteiger partial charge < -0.3 is 10.5 Å². The maximum atomic E-state index is 11.1. The number of hydrogen-bond donors (Lipinski definition) is 1. The van der Waals surface area contributed by atoms with E-state index in [2.05, 4.69) is 25.7 Å². The Balaban J connectivity index is 2.61. The SMILES string of the molecule is CCCN(CC(N)=O)[C@@H]1C[C@H](OCC)C1(C)C. The Morgan fingerprint density at radius 1 is 1.47 bits per heavy atom. The summed E-state index contributed by atoms with van der Waals surface area (Å²) in [7, 11) is 0. The Hall–Kier alpha value is -0.610. The number of nitrogens with zero attached hydrogens (tertiary/aromatic N) is 1. The quantitative estimate of drug-likeness (QED) is 0.734. The highest BCUT2D eigenvalue weighted by Crippen LogP contribution is 2.45. The van der Waals surface area contributed by atoms with Crippen molar-refractivity contribution in [2.45, 2.75) is 52.7 Å². The first-order chi connectivity index (χ1) is 7.93. The maximum absolute atomic E-state index is 11.1. The smallest absolute Gasteiger partial charge is 0.231 e. The van der Waals surface area contributed by atoms with Gasteiger partial charge in [0.05, 0.1) is 12.6 Å². The van der Waals surface area contributed by atoms with E-state index in [0.29, 0.717) is 18.7 Å². The number of amides is 1. The Labute approximate surface area is 104 Å². The van der Waals surface area contributed by atoms with Crippen molar-refractivity contribution in [3.05, 3.63) is 0 Å². The summed E-state index contributed by atoms with van der Waals surface area (Å²) in [5.41, 5.74) is 5.42. The minimum Gasteiger partial charge on any atom is -0.378 e. The van der Waals surface area contributed by atoms with Gasteiger partial charge in [-0.2, -0.15) is 0 Å². The van der Waals surface area contributed by atoms with E-state index in [1.54, 1.807) is 0 Å². The number of hydrogen-bond acceptors (Lipinski definition) is 3. The van der Waals surface area contributed by atoms with E-state index in [1.807, 2.05) is 6.92 Å². The number of ether oxygens (including phenoxy) is 1. The van der Waals surface area contributed by atoms with Crippen molar-refractivity contribution in [2.24, 2.45) is 11.1 Å². The lowest BCUT2D eigenvalue weighted by Crippen LogP contribution is -2.63. The molecule has 0 spiro atoms. The second-order valence-electron chi connectivity index (χ2n) is 5.45. The third-order valence-electron chi connectivity index (χ3n) is 3.80. The van der Waals surface area contributed by atoms with E-state index in [9.17, 15) is 4.79 Å². The van der Waals surface area contributed by atoms with Crippen LogP contribution < -0.4 is 5.73 Å². The van der Waals surface area contributed by atoms with E-state index >= 15 is 0 Å². The number of carbonyl (C=O) groups excluding carboxylic acids is 1. The molecule has 1 saturated carbocycles. The summed E-state index contributed by atoms with van der Waals surface area (Å²) in [6.45, 7) is 10.6. The van der Waals surface area contributed by atoms with Gasteiger partial charge in [0, 0.05) is 18.1 Å². The van der Waals surface area contributed by atoms with Crippen LogP contribution in [0.25, 0.3) is 0 Å². The fraction of sp³-hybridized carbons (Fsp3) is 0.923. The van der Waals surface area contributed by atoms with Crippen LogP contribution in [0.2, 0.25) is 0 Å². The molecule has 0 heterocycles.